The number of aromatic amines is 1. The van der Waals surface area contributed by atoms with E-state index in [4.69, 9.17) is 14.2 Å². The van der Waals surface area contributed by atoms with Crippen molar-refractivity contribution in [1.82, 2.24) is 30.1 Å². The predicted octanol–water partition coefficient (Wildman–Crippen LogP) is 2.00. The lowest BCUT2D eigenvalue weighted by molar-refractivity contribution is 0.0902. The summed E-state index contributed by atoms with van der Waals surface area (Å²) in [5, 5.41) is 13.5. The maximum absolute atomic E-state index is 13.3. The number of aromatic nitrogens is 5. The lowest BCUT2D eigenvalue weighted by atomic mass is 10.00. The zero-order valence-corrected chi connectivity index (χ0v) is 17.8. The summed E-state index contributed by atoms with van der Waals surface area (Å²) in [6, 6.07) is 5.35. The van der Waals surface area contributed by atoms with Crippen molar-refractivity contribution in [2.45, 2.75) is 50.8 Å². The Morgan fingerprint density at radius 1 is 1.09 bits per heavy atom. The lowest BCUT2D eigenvalue weighted by Gasteiger charge is -2.33. The van der Waals surface area contributed by atoms with Crippen LogP contribution in [0.2, 0.25) is 0 Å². The Balaban J connectivity index is 1.45. The van der Waals surface area contributed by atoms with Gasteiger partial charge in [-0.2, -0.15) is 0 Å². The number of H-pyrrole nitrogens is 1. The van der Waals surface area contributed by atoms with Gasteiger partial charge in [0.25, 0.3) is 5.56 Å². The molecule has 6 rings (SSSR count). The van der Waals surface area contributed by atoms with E-state index in [-0.39, 0.29) is 24.5 Å². The van der Waals surface area contributed by atoms with Crippen LogP contribution >= 0.6 is 0 Å². The number of hydrogen-bond donors (Lipinski definition) is 1. The van der Waals surface area contributed by atoms with Gasteiger partial charge in [0.1, 0.15) is 6.04 Å². The highest BCUT2D eigenvalue weighted by Crippen LogP contribution is 2.36. The number of ether oxygens (including phenoxy) is 3. The van der Waals surface area contributed by atoms with E-state index < -0.39 is 0 Å². The Morgan fingerprint density at radius 3 is 2.75 bits per heavy atom. The number of hydrogen-bond acceptors (Lipinski definition) is 8. The summed E-state index contributed by atoms with van der Waals surface area (Å²) >= 11 is 0. The first-order valence-electron chi connectivity index (χ1n) is 11.3. The minimum absolute atomic E-state index is 0.105. The van der Waals surface area contributed by atoms with Gasteiger partial charge in [0.15, 0.2) is 17.3 Å². The molecule has 3 aliphatic heterocycles. The number of benzene rings is 1. The van der Waals surface area contributed by atoms with Gasteiger partial charge < -0.3 is 19.2 Å². The second-order valence-corrected chi connectivity index (χ2v) is 8.70. The maximum atomic E-state index is 13.3. The van der Waals surface area contributed by atoms with Crippen LogP contribution in [-0.4, -0.2) is 62.7 Å². The van der Waals surface area contributed by atoms with Crippen LogP contribution in [0.25, 0.3) is 10.9 Å². The van der Waals surface area contributed by atoms with Crippen molar-refractivity contribution in [2.75, 3.05) is 26.5 Å². The van der Waals surface area contributed by atoms with Crippen molar-refractivity contribution >= 4 is 10.9 Å². The van der Waals surface area contributed by atoms with Crippen molar-refractivity contribution in [2.24, 2.45) is 0 Å². The molecule has 0 amide bonds. The zero-order valence-electron chi connectivity index (χ0n) is 17.8. The monoisotopic (exact) mass is 438 g/mol. The summed E-state index contributed by atoms with van der Waals surface area (Å²) in [6.45, 7) is 3.36. The van der Waals surface area contributed by atoms with Crippen LogP contribution in [-0.2, 0) is 11.3 Å². The summed E-state index contributed by atoms with van der Waals surface area (Å²) in [6.07, 6.45) is 5.54. The smallest absolute Gasteiger partial charge is 0.253 e. The number of rotatable bonds is 5. The lowest BCUT2D eigenvalue weighted by Crippen LogP contribution is -2.39. The van der Waals surface area contributed by atoms with Crippen LogP contribution < -0.4 is 15.0 Å². The molecule has 1 aromatic carbocycles. The molecule has 10 heteroatoms. The van der Waals surface area contributed by atoms with Gasteiger partial charge in [0.2, 0.25) is 6.79 Å². The average Bonchev–Trinajstić information content (AvgIpc) is 3.57. The van der Waals surface area contributed by atoms with E-state index in [2.05, 4.69) is 25.4 Å². The summed E-state index contributed by atoms with van der Waals surface area (Å²) < 4.78 is 18.6. The SMILES string of the molecule is O=c1[nH]c2cc3c(cc2cc1[C@H](c1nnnn1C[C@H]1CCCO1)N1CCCCC1)OCO3. The first kappa shape index (κ1) is 19.7. The molecule has 2 aromatic heterocycles. The van der Waals surface area contributed by atoms with E-state index in [0.29, 0.717) is 29.4 Å². The molecule has 2 atom stereocenters. The second kappa shape index (κ2) is 8.18. The van der Waals surface area contributed by atoms with E-state index in [1.165, 1.54) is 6.42 Å². The largest absolute Gasteiger partial charge is 0.454 e. The Bertz CT molecular complexity index is 1180. The molecule has 0 unspecified atom stereocenters. The van der Waals surface area contributed by atoms with E-state index in [9.17, 15) is 4.79 Å². The van der Waals surface area contributed by atoms with E-state index in [0.717, 1.165) is 56.3 Å². The molecule has 2 fully saturated rings. The molecule has 3 aromatic rings. The molecule has 3 aliphatic rings. The number of piperidine rings is 1. The fourth-order valence-electron chi connectivity index (χ4n) is 5.01. The van der Waals surface area contributed by atoms with Crippen molar-refractivity contribution in [3.8, 4) is 11.5 Å². The van der Waals surface area contributed by atoms with Crippen LogP contribution in [0.4, 0.5) is 0 Å². The van der Waals surface area contributed by atoms with Gasteiger partial charge in [-0.1, -0.05) is 6.42 Å². The molecule has 0 aliphatic carbocycles. The zero-order chi connectivity index (χ0) is 21.5. The Kier molecular flexibility index (Phi) is 5.03. The van der Waals surface area contributed by atoms with Crippen molar-refractivity contribution in [3.05, 3.63) is 39.9 Å². The van der Waals surface area contributed by atoms with Crippen LogP contribution in [0.1, 0.15) is 49.5 Å². The molecule has 1 N–H and O–H groups in total. The van der Waals surface area contributed by atoms with E-state index in [1.807, 2.05) is 22.9 Å². The average molecular weight is 438 g/mol. The van der Waals surface area contributed by atoms with E-state index >= 15 is 0 Å². The Hall–Kier alpha value is -2.98. The third-order valence-corrected chi connectivity index (χ3v) is 6.62. The van der Waals surface area contributed by atoms with Gasteiger partial charge in [-0.3, -0.25) is 9.69 Å². The first-order valence-corrected chi connectivity index (χ1v) is 11.3. The minimum Gasteiger partial charge on any atom is -0.454 e. The number of pyridine rings is 1. The molecule has 32 heavy (non-hydrogen) atoms. The summed E-state index contributed by atoms with van der Waals surface area (Å²) in [7, 11) is 0. The molecule has 0 spiro atoms. The molecule has 5 heterocycles. The molecule has 0 bridgehead atoms. The standard InChI is InChI=1S/C22H26N6O4/c29-22-16(9-14-10-18-19(32-13-31-18)11-17(14)23-22)20(27-6-2-1-3-7-27)21-24-25-26-28(21)12-15-5-4-8-30-15/h9-11,15,20H,1-8,12-13H2,(H,23,29)/t15-,20-/m1/s1. The van der Waals surface area contributed by atoms with Gasteiger partial charge in [0, 0.05) is 23.6 Å². The van der Waals surface area contributed by atoms with Crippen molar-refractivity contribution < 1.29 is 14.2 Å². The van der Waals surface area contributed by atoms with Gasteiger partial charge in [-0.05, 0) is 61.3 Å². The Labute approximate surface area is 184 Å². The third-order valence-electron chi connectivity index (χ3n) is 6.62. The summed E-state index contributed by atoms with van der Waals surface area (Å²) in [4.78, 5) is 18.7. The third kappa shape index (κ3) is 3.53. The highest BCUT2D eigenvalue weighted by atomic mass is 16.7. The molecular weight excluding hydrogens is 412 g/mol. The van der Waals surface area contributed by atoms with Crippen LogP contribution in [0, 0.1) is 0 Å². The summed E-state index contributed by atoms with van der Waals surface area (Å²) in [5.74, 6) is 2.02. The van der Waals surface area contributed by atoms with Crippen LogP contribution in [0.3, 0.4) is 0 Å². The number of tetrazole rings is 1. The topological polar surface area (TPSA) is 107 Å². The minimum atomic E-state index is -0.328. The molecular formula is C22H26N6O4. The normalized spacial score (nSPS) is 21.9. The van der Waals surface area contributed by atoms with Crippen molar-refractivity contribution in [1.29, 1.82) is 0 Å². The number of nitrogens with zero attached hydrogens (tertiary/aromatic N) is 5. The first-order chi connectivity index (χ1) is 15.8. The molecule has 0 saturated carbocycles. The molecule has 2 saturated heterocycles. The number of likely N-dealkylation sites (tertiary alicyclic amines) is 1. The Morgan fingerprint density at radius 2 is 1.94 bits per heavy atom. The van der Waals surface area contributed by atoms with Gasteiger partial charge >= 0.3 is 0 Å². The van der Waals surface area contributed by atoms with Gasteiger partial charge in [0.05, 0.1) is 18.2 Å². The quantitative estimate of drug-likeness (QED) is 0.645. The fraction of sp³-hybridized carbons (Fsp3) is 0.545. The molecule has 168 valence electrons. The highest BCUT2D eigenvalue weighted by Gasteiger charge is 2.32. The fourth-order valence-corrected chi connectivity index (χ4v) is 5.01. The number of nitrogens with one attached hydrogen (secondary N) is 1. The van der Waals surface area contributed by atoms with Gasteiger partial charge in [-0.15, -0.1) is 5.10 Å². The van der Waals surface area contributed by atoms with Crippen molar-refractivity contribution in [3.63, 3.8) is 0 Å². The second-order valence-electron chi connectivity index (χ2n) is 8.70. The van der Waals surface area contributed by atoms with E-state index in [1.54, 1.807) is 0 Å². The maximum Gasteiger partial charge on any atom is 0.253 e. The van der Waals surface area contributed by atoms with Crippen LogP contribution in [0.5, 0.6) is 11.5 Å². The van der Waals surface area contributed by atoms with Crippen LogP contribution in [0.15, 0.2) is 23.0 Å². The summed E-state index contributed by atoms with van der Waals surface area (Å²) in [5.41, 5.74) is 1.22. The molecule has 0 radical (unpaired) electrons. The molecule has 10 nitrogen and oxygen atoms in total. The highest BCUT2D eigenvalue weighted by molar-refractivity contribution is 5.83. The predicted molar refractivity (Wildman–Crippen MR) is 115 cm³/mol. The van der Waals surface area contributed by atoms with Gasteiger partial charge in [-0.25, -0.2) is 4.68 Å². The number of fused-ring (bicyclic) bond motifs is 2.